The number of ether oxygens (including phenoxy) is 2. The summed E-state index contributed by atoms with van der Waals surface area (Å²) in [7, 11) is 3.24. The van der Waals surface area contributed by atoms with Gasteiger partial charge < -0.3 is 20.1 Å². The number of amides is 1. The largest absolute Gasteiger partial charge is 0.493 e. The maximum atomic E-state index is 13.4. The minimum Gasteiger partial charge on any atom is -0.493 e. The standard InChI is InChI=1S/C30H30N4O3/c1-5-20-11-13-21(14-12-20)25-17-26(23-7-6-8-27(36-3)28(23)37-4)34-29(33-25)24(18-31-34)30(35)32-22-15-9-19(2)10-16-22/h6-18,26,33H,5H2,1-4H3,(H,32,35). The lowest BCUT2D eigenvalue weighted by molar-refractivity contribution is 0.102. The smallest absolute Gasteiger partial charge is 0.261 e. The van der Waals surface area contributed by atoms with Crippen LogP contribution < -0.4 is 20.1 Å². The number of carbonyl (C=O) groups is 1. The van der Waals surface area contributed by atoms with Crippen LogP contribution in [-0.2, 0) is 6.42 Å². The number of benzene rings is 3. The number of methoxy groups -OCH3 is 2. The fraction of sp³-hybridized carbons (Fsp3) is 0.200. The van der Waals surface area contributed by atoms with E-state index in [-0.39, 0.29) is 11.9 Å². The zero-order valence-electron chi connectivity index (χ0n) is 21.4. The van der Waals surface area contributed by atoms with Gasteiger partial charge in [-0.3, -0.25) is 4.79 Å². The molecular formula is C30H30N4O3. The molecule has 4 aromatic rings. The van der Waals surface area contributed by atoms with Gasteiger partial charge in [-0.15, -0.1) is 0 Å². The maximum absolute atomic E-state index is 13.4. The van der Waals surface area contributed by atoms with Crippen LogP contribution in [0.25, 0.3) is 5.70 Å². The summed E-state index contributed by atoms with van der Waals surface area (Å²) in [6, 6.07) is 21.6. The number of rotatable bonds is 7. The summed E-state index contributed by atoms with van der Waals surface area (Å²) in [4.78, 5) is 13.4. The van der Waals surface area contributed by atoms with Gasteiger partial charge >= 0.3 is 0 Å². The SMILES string of the molecule is CCc1ccc(C2=CC(c3cccc(OC)c3OC)n3ncc(C(=O)Nc4ccc(C)cc4)c3N2)cc1. The minimum atomic E-state index is -0.330. The van der Waals surface area contributed by atoms with Crippen molar-refractivity contribution >= 4 is 23.1 Å². The zero-order valence-corrected chi connectivity index (χ0v) is 21.4. The summed E-state index contributed by atoms with van der Waals surface area (Å²) in [6.45, 7) is 4.15. The maximum Gasteiger partial charge on any atom is 0.261 e. The predicted molar refractivity (Wildman–Crippen MR) is 146 cm³/mol. The van der Waals surface area contributed by atoms with Gasteiger partial charge in [-0.2, -0.15) is 5.10 Å². The Morgan fingerprint density at radius 3 is 2.46 bits per heavy atom. The number of carbonyl (C=O) groups excluding carboxylic acids is 1. The van der Waals surface area contributed by atoms with Crippen molar-refractivity contribution in [2.75, 3.05) is 24.9 Å². The van der Waals surface area contributed by atoms with Crippen molar-refractivity contribution in [3.63, 3.8) is 0 Å². The van der Waals surface area contributed by atoms with E-state index in [1.54, 1.807) is 20.4 Å². The summed E-state index contributed by atoms with van der Waals surface area (Å²) in [5.74, 6) is 1.63. The fourth-order valence-electron chi connectivity index (χ4n) is 4.55. The molecule has 1 aromatic heterocycles. The number of nitrogens with zero attached hydrogens (tertiary/aromatic N) is 2. The first-order valence-electron chi connectivity index (χ1n) is 12.3. The second kappa shape index (κ2) is 10.2. The number of hydrogen-bond acceptors (Lipinski definition) is 5. The molecule has 2 heterocycles. The summed E-state index contributed by atoms with van der Waals surface area (Å²) in [5, 5.41) is 11.1. The highest BCUT2D eigenvalue weighted by atomic mass is 16.5. The Kier molecular flexibility index (Phi) is 6.68. The monoisotopic (exact) mass is 494 g/mol. The zero-order chi connectivity index (χ0) is 25.9. The normalized spacial score (nSPS) is 14.3. The molecular weight excluding hydrogens is 464 g/mol. The topological polar surface area (TPSA) is 77.4 Å². The van der Waals surface area contributed by atoms with Gasteiger partial charge in [-0.25, -0.2) is 4.68 Å². The highest BCUT2D eigenvalue weighted by Crippen LogP contribution is 2.41. The quantitative estimate of drug-likeness (QED) is 0.326. The molecule has 1 aliphatic rings. The van der Waals surface area contributed by atoms with Gasteiger partial charge in [0.15, 0.2) is 11.5 Å². The number of para-hydroxylation sites is 1. The van der Waals surface area contributed by atoms with Crippen molar-refractivity contribution in [1.29, 1.82) is 0 Å². The van der Waals surface area contributed by atoms with Crippen LogP contribution >= 0.6 is 0 Å². The molecule has 0 fully saturated rings. The third-order valence-corrected chi connectivity index (χ3v) is 6.62. The molecule has 0 saturated carbocycles. The number of hydrogen-bond donors (Lipinski definition) is 2. The predicted octanol–water partition coefficient (Wildman–Crippen LogP) is 6.08. The minimum absolute atomic E-state index is 0.239. The molecule has 188 valence electrons. The lowest BCUT2D eigenvalue weighted by atomic mass is 9.99. The Balaban J connectivity index is 1.60. The van der Waals surface area contributed by atoms with Gasteiger partial charge in [0.05, 0.1) is 20.4 Å². The Hall–Kier alpha value is -4.52. The molecule has 0 spiro atoms. The first kappa shape index (κ1) is 24.2. The second-order valence-electron chi connectivity index (χ2n) is 8.95. The fourth-order valence-corrected chi connectivity index (χ4v) is 4.55. The molecule has 7 nitrogen and oxygen atoms in total. The Morgan fingerprint density at radius 1 is 1.03 bits per heavy atom. The van der Waals surface area contributed by atoms with Crippen LogP contribution in [0.1, 0.15) is 45.6 Å². The van der Waals surface area contributed by atoms with Crippen LogP contribution in [0.4, 0.5) is 11.5 Å². The van der Waals surface area contributed by atoms with E-state index in [1.165, 1.54) is 5.56 Å². The van der Waals surface area contributed by atoms with Gasteiger partial charge in [0.2, 0.25) is 0 Å². The highest BCUT2D eigenvalue weighted by Gasteiger charge is 2.30. The summed E-state index contributed by atoms with van der Waals surface area (Å²) >= 11 is 0. The van der Waals surface area contributed by atoms with Gasteiger partial charge in [0.25, 0.3) is 5.91 Å². The molecule has 1 unspecified atom stereocenters. The Bertz CT molecular complexity index is 1450. The molecule has 0 saturated heterocycles. The van der Waals surface area contributed by atoms with Gasteiger partial charge in [0, 0.05) is 16.9 Å². The van der Waals surface area contributed by atoms with E-state index in [2.05, 4.69) is 53.0 Å². The summed E-state index contributed by atoms with van der Waals surface area (Å²) in [5.41, 5.74) is 6.33. The van der Waals surface area contributed by atoms with E-state index < -0.39 is 0 Å². The average Bonchev–Trinajstić information content (AvgIpc) is 3.37. The van der Waals surface area contributed by atoms with E-state index in [4.69, 9.17) is 9.47 Å². The van der Waals surface area contributed by atoms with Crippen molar-refractivity contribution in [3.8, 4) is 11.5 Å². The molecule has 3 aromatic carbocycles. The lowest BCUT2D eigenvalue weighted by Gasteiger charge is -2.27. The molecule has 1 atom stereocenters. The Labute approximate surface area is 216 Å². The number of nitrogens with one attached hydrogen (secondary N) is 2. The first-order chi connectivity index (χ1) is 18.0. The van der Waals surface area contributed by atoms with Crippen LogP contribution in [0.3, 0.4) is 0 Å². The van der Waals surface area contributed by atoms with E-state index in [1.807, 2.05) is 54.1 Å². The van der Waals surface area contributed by atoms with Crippen LogP contribution in [0.15, 0.2) is 79.0 Å². The Morgan fingerprint density at radius 2 is 1.78 bits per heavy atom. The molecule has 5 rings (SSSR count). The van der Waals surface area contributed by atoms with Crippen molar-refractivity contribution < 1.29 is 14.3 Å². The van der Waals surface area contributed by atoms with E-state index in [0.717, 1.165) is 34.5 Å². The highest BCUT2D eigenvalue weighted by molar-refractivity contribution is 6.08. The van der Waals surface area contributed by atoms with E-state index >= 15 is 0 Å². The average molecular weight is 495 g/mol. The van der Waals surface area contributed by atoms with Crippen molar-refractivity contribution in [2.45, 2.75) is 26.3 Å². The summed E-state index contributed by atoms with van der Waals surface area (Å²) in [6.07, 6.45) is 4.66. The molecule has 0 radical (unpaired) electrons. The number of allylic oxidation sites excluding steroid dienone is 1. The van der Waals surface area contributed by atoms with Crippen molar-refractivity contribution in [1.82, 2.24) is 9.78 Å². The van der Waals surface area contributed by atoms with Crippen LogP contribution in [0, 0.1) is 6.92 Å². The lowest BCUT2D eigenvalue weighted by Crippen LogP contribution is -2.22. The second-order valence-corrected chi connectivity index (χ2v) is 8.95. The van der Waals surface area contributed by atoms with Crippen LogP contribution in [0.2, 0.25) is 0 Å². The molecule has 1 aliphatic heterocycles. The van der Waals surface area contributed by atoms with Crippen molar-refractivity contribution in [2.24, 2.45) is 0 Å². The van der Waals surface area contributed by atoms with Crippen LogP contribution in [-0.4, -0.2) is 29.9 Å². The molecule has 1 amide bonds. The van der Waals surface area contributed by atoms with Gasteiger partial charge in [-0.05, 0) is 48.7 Å². The number of aryl methyl sites for hydroxylation is 2. The van der Waals surface area contributed by atoms with Crippen molar-refractivity contribution in [3.05, 3.63) is 107 Å². The molecule has 7 heteroatoms. The van der Waals surface area contributed by atoms with E-state index in [9.17, 15) is 4.79 Å². The number of fused-ring (bicyclic) bond motifs is 1. The molecule has 37 heavy (non-hydrogen) atoms. The third kappa shape index (κ3) is 4.68. The molecule has 0 bridgehead atoms. The summed E-state index contributed by atoms with van der Waals surface area (Å²) < 4.78 is 13.1. The van der Waals surface area contributed by atoms with Crippen LogP contribution in [0.5, 0.6) is 11.5 Å². The van der Waals surface area contributed by atoms with Gasteiger partial charge in [0.1, 0.15) is 17.4 Å². The third-order valence-electron chi connectivity index (χ3n) is 6.62. The number of aromatic nitrogens is 2. The van der Waals surface area contributed by atoms with E-state index in [0.29, 0.717) is 22.9 Å². The first-order valence-corrected chi connectivity index (χ1v) is 12.3. The van der Waals surface area contributed by atoms with Gasteiger partial charge in [-0.1, -0.05) is 61.0 Å². The number of anilines is 2. The molecule has 0 aliphatic carbocycles. The molecule has 2 N–H and O–H groups in total.